The van der Waals surface area contributed by atoms with Crippen molar-refractivity contribution in [3.8, 4) is 0 Å². The van der Waals surface area contributed by atoms with Gasteiger partial charge in [0.2, 0.25) is 0 Å². The number of rotatable bonds is 8. The van der Waals surface area contributed by atoms with Gasteiger partial charge in [0.15, 0.2) is 5.69 Å². The van der Waals surface area contributed by atoms with Gasteiger partial charge in [-0.05, 0) is 38.6 Å². The van der Waals surface area contributed by atoms with E-state index in [1.165, 1.54) is 0 Å². The average molecular weight is 360 g/mol. The Morgan fingerprint density at radius 3 is 2.62 bits per heavy atom. The van der Waals surface area contributed by atoms with Crippen molar-refractivity contribution in [3.63, 3.8) is 0 Å². The minimum absolute atomic E-state index is 0.0744. The third-order valence-electron chi connectivity index (χ3n) is 5.01. The molecule has 2 aromatic rings. The van der Waals surface area contributed by atoms with Crippen LogP contribution in [-0.2, 0) is 9.47 Å². The van der Waals surface area contributed by atoms with E-state index in [1.807, 2.05) is 24.4 Å². The van der Waals surface area contributed by atoms with Gasteiger partial charge < -0.3 is 18.8 Å². The molecule has 3 heterocycles. The largest absolute Gasteiger partial charge is 0.383 e. The molecule has 0 bridgehead atoms. The van der Waals surface area contributed by atoms with Crippen LogP contribution >= 0.6 is 0 Å². The van der Waals surface area contributed by atoms with Crippen molar-refractivity contribution in [1.82, 2.24) is 19.2 Å². The monoisotopic (exact) mass is 360 g/mol. The van der Waals surface area contributed by atoms with Gasteiger partial charge in [-0.25, -0.2) is 4.98 Å². The zero-order chi connectivity index (χ0) is 18.5. The molecule has 7 nitrogen and oxygen atoms in total. The van der Waals surface area contributed by atoms with E-state index < -0.39 is 0 Å². The quantitative estimate of drug-likeness (QED) is 0.719. The lowest BCUT2D eigenvalue weighted by Gasteiger charge is -2.21. The lowest BCUT2D eigenvalue weighted by Crippen LogP contribution is -2.36. The van der Waals surface area contributed by atoms with Crippen molar-refractivity contribution in [1.29, 1.82) is 0 Å². The smallest absolute Gasteiger partial charge is 0.274 e. The molecule has 1 amide bonds. The Kier molecular flexibility index (Phi) is 6.24. The van der Waals surface area contributed by atoms with Gasteiger partial charge in [-0.1, -0.05) is 6.07 Å². The number of carbonyl (C=O) groups excluding carboxylic acids is 1. The van der Waals surface area contributed by atoms with E-state index in [0.717, 1.165) is 30.7 Å². The standard InChI is InChI=1S/C19H28N4O3/c1-21-9-6-8-16(21)18-20-17(15-7-4-5-10-23(15)18)19(24)22(11-13-25-2)12-14-26-3/h4-5,7,10,16H,6,8-9,11-14H2,1-3H3/t16-/m1/s1. The Hall–Kier alpha value is -1.96. The molecule has 0 radical (unpaired) electrons. The fourth-order valence-electron chi connectivity index (χ4n) is 3.56. The minimum atomic E-state index is -0.0744. The number of amides is 1. The van der Waals surface area contributed by atoms with Crippen molar-refractivity contribution in [3.05, 3.63) is 35.9 Å². The van der Waals surface area contributed by atoms with Crippen molar-refractivity contribution >= 4 is 11.4 Å². The predicted octanol–water partition coefficient (Wildman–Crippen LogP) is 1.84. The number of carbonyl (C=O) groups is 1. The molecule has 26 heavy (non-hydrogen) atoms. The van der Waals surface area contributed by atoms with Gasteiger partial charge >= 0.3 is 0 Å². The minimum Gasteiger partial charge on any atom is -0.383 e. The molecular formula is C19H28N4O3. The number of likely N-dealkylation sites (tertiary alicyclic amines) is 1. The van der Waals surface area contributed by atoms with Gasteiger partial charge in [0, 0.05) is 33.5 Å². The number of aromatic nitrogens is 2. The van der Waals surface area contributed by atoms with Gasteiger partial charge in [0.05, 0.1) is 24.8 Å². The van der Waals surface area contributed by atoms with Crippen molar-refractivity contribution in [2.75, 3.05) is 54.1 Å². The van der Waals surface area contributed by atoms with Crippen LogP contribution in [0.25, 0.3) is 5.52 Å². The van der Waals surface area contributed by atoms with Crippen LogP contribution in [0.15, 0.2) is 24.4 Å². The van der Waals surface area contributed by atoms with Crippen LogP contribution in [0.1, 0.15) is 35.2 Å². The summed E-state index contributed by atoms with van der Waals surface area (Å²) >= 11 is 0. The van der Waals surface area contributed by atoms with Crippen LogP contribution in [0.3, 0.4) is 0 Å². The first kappa shape index (κ1) is 18.8. The second-order valence-corrected chi connectivity index (χ2v) is 6.69. The Morgan fingerprint density at radius 2 is 2.00 bits per heavy atom. The fourth-order valence-corrected chi connectivity index (χ4v) is 3.56. The van der Waals surface area contributed by atoms with Crippen LogP contribution in [0, 0.1) is 0 Å². The Bertz CT molecular complexity index is 737. The first-order valence-corrected chi connectivity index (χ1v) is 9.11. The SMILES string of the molecule is COCCN(CCOC)C(=O)c1nc([C@H]2CCCN2C)n2ccccc12. The van der Waals surface area contributed by atoms with Gasteiger partial charge in [-0.15, -0.1) is 0 Å². The molecule has 0 N–H and O–H groups in total. The summed E-state index contributed by atoms with van der Waals surface area (Å²) in [6.45, 7) is 3.06. The number of hydrogen-bond donors (Lipinski definition) is 0. The third-order valence-corrected chi connectivity index (χ3v) is 5.01. The molecule has 0 saturated carbocycles. The zero-order valence-electron chi connectivity index (χ0n) is 15.9. The maximum absolute atomic E-state index is 13.2. The van der Waals surface area contributed by atoms with Crippen LogP contribution in [0.4, 0.5) is 0 Å². The summed E-state index contributed by atoms with van der Waals surface area (Å²) in [5.74, 6) is 0.872. The summed E-state index contributed by atoms with van der Waals surface area (Å²) < 4.78 is 12.4. The van der Waals surface area contributed by atoms with E-state index >= 15 is 0 Å². The normalized spacial score (nSPS) is 17.9. The predicted molar refractivity (Wildman–Crippen MR) is 99.5 cm³/mol. The molecule has 3 rings (SSSR count). The van der Waals surface area contributed by atoms with Gasteiger partial charge in [0.1, 0.15) is 5.82 Å². The van der Waals surface area contributed by atoms with Crippen LogP contribution < -0.4 is 0 Å². The molecular weight excluding hydrogens is 332 g/mol. The van der Waals surface area contributed by atoms with Crippen molar-refractivity contribution in [2.45, 2.75) is 18.9 Å². The van der Waals surface area contributed by atoms with E-state index in [4.69, 9.17) is 14.5 Å². The van der Waals surface area contributed by atoms with Crippen LogP contribution in [0.2, 0.25) is 0 Å². The van der Waals surface area contributed by atoms with E-state index in [0.29, 0.717) is 32.0 Å². The number of hydrogen-bond acceptors (Lipinski definition) is 5. The summed E-state index contributed by atoms with van der Waals surface area (Å²) in [5, 5.41) is 0. The van der Waals surface area contributed by atoms with E-state index in [2.05, 4.69) is 16.3 Å². The number of fused-ring (bicyclic) bond motifs is 1. The highest BCUT2D eigenvalue weighted by Gasteiger charge is 2.30. The van der Waals surface area contributed by atoms with Crippen molar-refractivity contribution < 1.29 is 14.3 Å². The average Bonchev–Trinajstić information content (AvgIpc) is 3.24. The van der Waals surface area contributed by atoms with Gasteiger partial charge in [-0.3, -0.25) is 9.69 Å². The number of nitrogens with zero attached hydrogens (tertiary/aromatic N) is 4. The summed E-state index contributed by atoms with van der Waals surface area (Å²) in [6, 6.07) is 6.14. The molecule has 7 heteroatoms. The lowest BCUT2D eigenvalue weighted by atomic mass is 10.2. The number of imidazole rings is 1. The highest BCUT2D eigenvalue weighted by molar-refractivity contribution is 5.99. The maximum Gasteiger partial charge on any atom is 0.274 e. The summed E-state index contributed by atoms with van der Waals surface area (Å²) in [5.41, 5.74) is 1.36. The maximum atomic E-state index is 13.2. The molecule has 0 unspecified atom stereocenters. The molecule has 1 saturated heterocycles. The van der Waals surface area contributed by atoms with Crippen LogP contribution in [-0.4, -0.2) is 79.2 Å². The second-order valence-electron chi connectivity index (χ2n) is 6.69. The topological polar surface area (TPSA) is 59.3 Å². The highest BCUT2D eigenvalue weighted by Crippen LogP contribution is 2.31. The molecule has 1 aliphatic rings. The van der Waals surface area contributed by atoms with Crippen LogP contribution in [0.5, 0.6) is 0 Å². The third kappa shape index (κ3) is 3.75. The van der Waals surface area contributed by atoms with E-state index in [9.17, 15) is 4.79 Å². The van der Waals surface area contributed by atoms with Crippen molar-refractivity contribution in [2.24, 2.45) is 0 Å². The first-order chi connectivity index (χ1) is 12.7. The Labute approximate surface area is 154 Å². The highest BCUT2D eigenvalue weighted by atomic mass is 16.5. The number of pyridine rings is 1. The zero-order valence-corrected chi connectivity index (χ0v) is 15.9. The molecule has 1 atom stereocenters. The second kappa shape index (κ2) is 8.62. The molecule has 142 valence electrons. The van der Waals surface area contributed by atoms with E-state index in [1.54, 1.807) is 19.1 Å². The molecule has 0 spiro atoms. The summed E-state index contributed by atoms with van der Waals surface area (Å²) in [7, 11) is 5.39. The first-order valence-electron chi connectivity index (χ1n) is 9.11. The summed E-state index contributed by atoms with van der Waals surface area (Å²) in [6.07, 6.45) is 4.21. The lowest BCUT2D eigenvalue weighted by molar-refractivity contribution is 0.0624. The Morgan fingerprint density at radius 1 is 1.27 bits per heavy atom. The van der Waals surface area contributed by atoms with Gasteiger partial charge in [-0.2, -0.15) is 0 Å². The Balaban J connectivity index is 1.96. The van der Waals surface area contributed by atoms with Gasteiger partial charge in [0.25, 0.3) is 5.91 Å². The molecule has 1 aliphatic heterocycles. The summed E-state index contributed by atoms with van der Waals surface area (Å²) in [4.78, 5) is 22.1. The van der Waals surface area contributed by atoms with E-state index in [-0.39, 0.29) is 11.9 Å². The molecule has 0 aliphatic carbocycles. The molecule has 0 aromatic carbocycles. The molecule has 1 fully saturated rings. The number of methoxy groups -OCH3 is 2. The number of ether oxygens (including phenoxy) is 2. The fraction of sp³-hybridized carbons (Fsp3) is 0.579. The molecule has 2 aromatic heterocycles.